The van der Waals surface area contributed by atoms with E-state index in [9.17, 15) is 15.0 Å². The monoisotopic (exact) mass is 406 g/mol. The number of carbonyl (C=O) groups is 1. The Morgan fingerprint density at radius 3 is 2.55 bits per heavy atom. The van der Waals surface area contributed by atoms with Crippen LogP contribution in [0.3, 0.4) is 0 Å². The number of ether oxygens (including phenoxy) is 1. The van der Waals surface area contributed by atoms with Crippen LogP contribution in [0.15, 0.2) is 0 Å². The molecule has 0 unspecified atom stereocenters. The molecule has 0 bridgehead atoms. The van der Waals surface area contributed by atoms with Crippen LogP contribution >= 0.6 is 0 Å². The van der Waals surface area contributed by atoms with Crippen LogP contribution in [0.25, 0.3) is 0 Å². The van der Waals surface area contributed by atoms with Gasteiger partial charge in [0.05, 0.1) is 19.3 Å². The molecule has 4 nitrogen and oxygen atoms in total. The third kappa shape index (κ3) is 3.37. The summed E-state index contributed by atoms with van der Waals surface area (Å²) in [4.78, 5) is 11.6. The molecule has 4 aliphatic carbocycles. The fraction of sp³-hybridized carbons (Fsp3) is 0.960. The summed E-state index contributed by atoms with van der Waals surface area (Å²) in [7, 11) is 1.46. The smallest absolute Gasteiger partial charge is 0.305 e. The number of carbonyl (C=O) groups excluding carboxylic acids is 1. The molecular formula is C25H42O4. The molecule has 0 aromatic rings. The Labute approximate surface area is 176 Å². The molecule has 0 spiro atoms. The highest BCUT2D eigenvalue weighted by Crippen LogP contribution is 2.68. The van der Waals surface area contributed by atoms with Gasteiger partial charge in [0.25, 0.3) is 0 Å². The molecule has 0 aromatic carbocycles. The predicted octanol–water partition coefficient (Wildman–Crippen LogP) is 4.57. The zero-order valence-corrected chi connectivity index (χ0v) is 18.9. The van der Waals surface area contributed by atoms with Crippen LogP contribution in [0.4, 0.5) is 0 Å². The quantitative estimate of drug-likeness (QED) is 0.671. The van der Waals surface area contributed by atoms with Gasteiger partial charge in [-0.1, -0.05) is 20.8 Å². The summed E-state index contributed by atoms with van der Waals surface area (Å²) in [5.41, 5.74) is 0.271. The second-order valence-electron chi connectivity index (χ2n) is 11.5. The van der Waals surface area contributed by atoms with Gasteiger partial charge in [-0.25, -0.2) is 0 Å². The van der Waals surface area contributed by atoms with Gasteiger partial charge >= 0.3 is 5.97 Å². The summed E-state index contributed by atoms with van der Waals surface area (Å²) >= 11 is 0. The molecule has 4 fully saturated rings. The van der Waals surface area contributed by atoms with Gasteiger partial charge in [-0.2, -0.15) is 0 Å². The van der Waals surface area contributed by atoms with Crippen molar-refractivity contribution in [3.05, 3.63) is 0 Å². The van der Waals surface area contributed by atoms with Gasteiger partial charge in [0, 0.05) is 6.42 Å². The van der Waals surface area contributed by atoms with Crippen molar-refractivity contribution in [2.45, 2.75) is 97.2 Å². The Morgan fingerprint density at radius 1 is 1.07 bits per heavy atom. The molecule has 0 radical (unpaired) electrons. The SMILES string of the molecule is COC(=O)CC[C@@H](C)[C@H]1CC[C@H]2[C@@H]3CC[C@H]4C[C@@H](O)CC[C@]4(C)[C@H]3C[C@@H](O)[C@]12C. The maximum atomic E-state index is 11.6. The minimum absolute atomic E-state index is 0.0198. The highest BCUT2D eigenvalue weighted by Gasteiger charge is 2.63. The van der Waals surface area contributed by atoms with E-state index in [1.807, 2.05) is 0 Å². The van der Waals surface area contributed by atoms with Gasteiger partial charge in [0.2, 0.25) is 0 Å². The molecule has 10 atom stereocenters. The summed E-state index contributed by atoms with van der Waals surface area (Å²) in [5.74, 6) is 3.36. The zero-order valence-electron chi connectivity index (χ0n) is 18.9. The summed E-state index contributed by atoms with van der Waals surface area (Å²) in [6.45, 7) is 7.12. The Morgan fingerprint density at radius 2 is 1.83 bits per heavy atom. The van der Waals surface area contributed by atoms with Crippen molar-refractivity contribution < 1.29 is 19.7 Å². The summed E-state index contributed by atoms with van der Waals surface area (Å²) in [5, 5.41) is 21.8. The molecule has 0 amide bonds. The molecule has 0 heterocycles. The number of aliphatic hydroxyl groups is 2. The lowest BCUT2D eigenvalue weighted by Crippen LogP contribution is -2.58. The van der Waals surface area contributed by atoms with Crippen molar-refractivity contribution in [3.63, 3.8) is 0 Å². The second kappa shape index (κ2) is 7.82. The van der Waals surface area contributed by atoms with Gasteiger partial charge in [-0.05, 0) is 104 Å². The molecule has 4 aliphatic rings. The van der Waals surface area contributed by atoms with E-state index in [-0.39, 0.29) is 23.6 Å². The lowest BCUT2D eigenvalue weighted by Gasteiger charge is -2.62. The molecule has 166 valence electrons. The molecule has 4 saturated carbocycles. The first kappa shape index (κ1) is 21.6. The maximum absolute atomic E-state index is 11.6. The normalized spacial score (nSPS) is 50.2. The van der Waals surface area contributed by atoms with Crippen molar-refractivity contribution in [2.24, 2.45) is 46.3 Å². The Balaban J connectivity index is 1.53. The van der Waals surface area contributed by atoms with Crippen LogP contribution in [-0.2, 0) is 9.53 Å². The summed E-state index contributed by atoms with van der Waals surface area (Å²) in [6, 6.07) is 0. The van der Waals surface area contributed by atoms with Gasteiger partial charge in [-0.3, -0.25) is 4.79 Å². The van der Waals surface area contributed by atoms with Crippen molar-refractivity contribution >= 4 is 5.97 Å². The number of hydrogen-bond donors (Lipinski definition) is 2. The van der Waals surface area contributed by atoms with Crippen LogP contribution in [-0.4, -0.2) is 35.5 Å². The number of methoxy groups -OCH3 is 1. The molecule has 4 heteroatoms. The molecule has 0 saturated heterocycles. The highest BCUT2D eigenvalue weighted by atomic mass is 16.5. The fourth-order valence-electron chi connectivity index (χ4n) is 8.81. The van der Waals surface area contributed by atoms with Gasteiger partial charge < -0.3 is 14.9 Å². The number of hydrogen-bond acceptors (Lipinski definition) is 4. The van der Waals surface area contributed by atoms with Gasteiger partial charge in [-0.15, -0.1) is 0 Å². The summed E-state index contributed by atoms with van der Waals surface area (Å²) in [6.07, 6.45) is 9.86. The lowest BCUT2D eigenvalue weighted by molar-refractivity contribution is -0.175. The van der Waals surface area contributed by atoms with Crippen molar-refractivity contribution in [1.29, 1.82) is 0 Å². The fourth-order valence-corrected chi connectivity index (χ4v) is 8.81. The van der Waals surface area contributed by atoms with E-state index in [4.69, 9.17) is 4.74 Å². The van der Waals surface area contributed by atoms with E-state index >= 15 is 0 Å². The number of aliphatic hydroxyl groups excluding tert-OH is 2. The van der Waals surface area contributed by atoms with E-state index < -0.39 is 0 Å². The van der Waals surface area contributed by atoms with Gasteiger partial charge in [0.15, 0.2) is 0 Å². The van der Waals surface area contributed by atoms with Gasteiger partial charge in [0.1, 0.15) is 0 Å². The second-order valence-corrected chi connectivity index (χ2v) is 11.5. The molecular weight excluding hydrogens is 364 g/mol. The lowest BCUT2D eigenvalue weighted by atomic mass is 9.43. The zero-order chi connectivity index (χ0) is 21.0. The highest BCUT2D eigenvalue weighted by molar-refractivity contribution is 5.69. The van der Waals surface area contributed by atoms with E-state index in [0.717, 1.165) is 38.0 Å². The average molecular weight is 407 g/mol. The third-order valence-corrected chi connectivity index (χ3v) is 10.5. The first-order chi connectivity index (χ1) is 13.7. The van der Waals surface area contributed by atoms with Crippen molar-refractivity contribution in [1.82, 2.24) is 0 Å². The summed E-state index contributed by atoms with van der Waals surface area (Å²) < 4.78 is 4.85. The third-order valence-electron chi connectivity index (χ3n) is 10.5. The minimum atomic E-state index is -0.246. The van der Waals surface area contributed by atoms with Crippen LogP contribution in [0, 0.1) is 46.3 Å². The van der Waals surface area contributed by atoms with Crippen LogP contribution in [0.5, 0.6) is 0 Å². The standard InChI is InChI=1S/C25H42O4/c1-15(5-10-23(28)29-4)19-8-9-20-18-7-6-16-13-17(26)11-12-24(16,2)21(18)14-22(27)25(19,20)3/h15-22,26-27H,5-14H2,1-4H3/t15-,16+,17+,18+,19-,20+,21+,22-,24+,25-/m1/s1. The first-order valence-electron chi connectivity index (χ1n) is 12.1. The number of fused-ring (bicyclic) bond motifs is 5. The average Bonchev–Trinajstić information content (AvgIpc) is 3.06. The molecule has 0 aliphatic heterocycles. The predicted molar refractivity (Wildman–Crippen MR) is 113 cm³/mol. The molecule has 4 rings (SSSR count). The Hall–Kier alpha value is -0.610. The van der Waals surface area contributed by atoms with E-state index in [1.54, 1.807) is 0 Å². The Bertz CT molecular complexity index is 620. The molecule has 2 N–H and O–H groups in total. The number of rotatable bonds is 4. The van der Waals surface area contributed by atoms with Crippen molar-refractivity contribution in [2.75, 3.05) is 7.11 Å². The Kier molecular flexibility index (Phi) is 5.83. The first-order valence-corrected chi connectivity index (χ1v) is 12.1. The van der Waals surface area contributed by atoms with E-state index in [1.165, 1.54) is 32.8 Å². The van der Waals surface area contributed by atoms with E-state index in [2.05, 4.69) is 20.8 Å². The molecule has 29 heavy (non-hydrogen) atoms. The number of esters is 1. The molecule has 0 aromatic heterocycles. The largest absolute Gasteiger partial charge is 0.469 e. The minimum Gasteiger partial charge on any atom is -0.469 e. The van der Waals surface area contributed by atoms with Crippen LogP contribution < -0.4 is 0 Å². The van der Waals surface area contributed by atoms with Crippen LogP contribution in [0.1, 0.15) is 85.0 Å². The van der Waals surface area contributed by atoms with Crippen molar-refractivity contribution in [3.8, 4) is 0 Å². The van der Waals surface area contributed by atoms with Crippen LogP contribution in [0.2, 0.25) is 0 Å². The van der Waals surface area contributed by atoms with E-state index in [0.29, 0.717) is 41.4 Å². The topological polar surface area (TPSA) is 66.8 Å². The maximum Gasteiger partial charge on any atom is 0.305 e.